The van der Waals surface area contributed by atoms with E-state index in [0.29, 0.717) is 38.7 Å². The van der Waals surface area contributed by atoms with E-state index in [4.69, 9.17) is 9.47 Å². The van der Waals surface area contributed by atoms with Crippen LogP contribution in [0.4, 0.5) is 4.79 Å². The number of amides is 1. The highest BCUT2D eigenvalue weighted by atomic mass is 16.6. The lowest BCUT2D eigenvalue weighted by Gasteiger charge is -2.26. The van der Waals surface area contributed by atoms with E-state index in [1.165, 1.54) is 0 Å². The van der Waals surface area contributed by atoms with Crippen LogP contribution in [0.5, 0.6) is 0 Å². The molecular weight excluding hydrogens is 272 g/mol. The second-order valence-electron chi connectivity index (χ2n) is 5.48. The Balaban J connectivity index is 4.13. The number of hydrogen-bond donors (Lipinski definition) is 2. The zero-order chi connectivity index (χ0) is 16.3. The van der Waals surface area contributed by atoms with Crippen molar-refractivity contribution >= 4 is 12.1 Å². The highest BCUT2D eigenvalue weighted by Gasteiger charge is 2.20. The van der Waals surface area contributed by atoms with E-state index in [1.807, 2.05) is 27.7 Å². The van der Waals surface area contributed by atoms with E-state index in [-0.39, 0.29) is 6.09 Å². The molecule has 1 amide bonds. The zero-order valence-corrected chi connectivity index (χ0v) is 14.2. The third-order valence-electron chi connectivity index (χ3n) is 2.53. The smallest absolute Gasteiger partial charge is 0.410 e. The van der Waals surface area contributed by atoms with Gasteiger partial charge in [-0.25, -0.2) is 4.79 Å². The molecule has 0 saturated heterocycles. The Morgan fingerprint density at radius 3 is 2.33 bits per heavy atom. The van der Waals surface area contributed by atoms with E-state index in [0.717, 1.165) is 0 Å². The number of guanidine groups is 1. The van der Waals surface area contributed by atoms with E-state index in [2.05, 4.69) is 15.6 Å². The molecule has 0 saturated carbocycles. The van der Waals surface area contributed by atoms with Crippen molar-refractivity contribution in [2.75, 3.05) is 46.9 Å². The Labute approximate surface area is 128 Å². The van der Waals surface area contributed by atoms with Crippen LogP contribution in [0.1, 0.15) is 27.7 Å². The molecule has 0 fully saturated rings. The molecule has 0 unspecified atom stereocenters. The van der Waals surface area contributed by atoms with Crippen molar-refractivity contribution in [1.82, 2.24) is 15.5 Å². The van der Waals surface area contributed by atoms with Gasteiger partial charge in [0.25, 0.3) is 0 Å². The number of nitrogens with one attached hydrogen (secondary N) is 2. The fourth-order valence-corrected chi connectivity index (χ4v) is 1.51. The average molecular weight is 302 g/mol. The summed E-state index contributed by atoms with van der Waals surface area (Å²) < 4.78 is 10.3. The summed E-state index contributed by atoms with van der Waals surface area (Å²) in [5.74, 6) is 0.687. The van der Waals surface area contributed by atoms with Crippen LogP contribution in [0.2, 0.25) is 0 Å². The number of rotatable bonds is 7. The molecule has 0 heterocycles. The lowest BCUT2D eigenvalue weighted by atomic mass is 10.2. The predicted molar refractivity (Wildman–Crippen MR) is 84.7 cm³/mol. The molecular formula is C14H30N4O3. The fraction of sp³-hybridized carbons (Fsp3) is 0.857. The molecule has 0 aliphatic carbocycles. The molecule has 21 heavy (non-hydrogen) atoms. The van der Waals surface area contributed by atoms with Crippen molar-refractivity contribution in [2.24, 2.45) is 4.99 Å². The lowest BCUT2D eigenvalue weighted by molar-refractivity contribution is 0.0264. The number of carbonyl (C=O) groups excluding carboxylic acids is 1. The van der Waals surface area contributed by atoms with Crippen LogP contribution >= 0.6 is 0 Å². The molecule has 0 aromatic heterocycles. The van der Waals surface area contributed by atoms with Crippen LogP contribution in [0.15, 0.2) is 4.99 Å². The van der Waals surface area contributed by atoms with Gasteiger partial charge in [0.2, 0.25) is 0 Å². The number of ether oxygens (including phenoxy) is 2. The van der Waals surface area contributed by atoms with Gasteiger partial charge in [0.05, 0.1) is 6.61 Å². The van der Waals surface area contributed by atoms with Crippen LogP contribution in [0, 0.1) is 0 Å². The number of aliphatic imine (C=N–C) groups is 1. The normalized spacial score (nSPS) is 12.0. The van der Waals surface area contributed by atoms with Gasteiger partial charge in [0.15, 0.2) is 5.96 Å². The van der Waals surface area contributed by atoms with E-state index < -0.39 is 5.60 Å². The van der Waals surface area contributed by atoms with Crippen molar-refractivity contribution in [3.63, 3.8) is 0 Å². The summed E-state index contributed by atoms with van der Waals surface area (Å²) in [6, 6.07) is 0. The van der Waals surface area contributed by atoms with Gasteiger partial charge in [-0.1, -0.05) is 0 Å². The summed E-state index contributed by atoms with van der Waals surface area (Å²) in [6.45, 7) is 10.5. The number of carbonyl (C=O) groups is 1. The van der Waals surface area contributed by atoms with Crippen molar-refractivity contribution < 1.29 is 14.3 Å². The molecule has 124 valence electrons. The summed E-state index contributed by atoms with van der Waals surface area (Å²) in [5, 5.41) is 6.25. The maximum atomic E-state index is 12.0. The molecule has 0 aliphatic heterocycles. The largest absolute Gasteiger partial charge is 0.444 e. The molecule has 0 radical (unpaired) electrons. The average Bonchev–Trinajstić information content (AvgIpc) is 2.39. The number of nitrogens with zero attached hydrogens (tertiary/aromatic N) is 2. The van der Waals surface area contributed by atoms with E-state index in [1.54, 1.807) is 19.1 Å². The molecule has 0 aromatic carbocycles. The minimum atomic E-state index is -0.477. The summed E-state index contributed by atoms with van der Waals surface area (Å²) in [5.41, 5.74) is -0.477. The van der Waals surface area contributed by atoms with Gasteiger partial charge in [-0.05, 0) is 27.7 Å². The Morgan fingerprint density at radius 1 is 1.24 bits per heavy atom. The fourth-order valence-electron chi connectivity index (χ4n) is 1.51. The van der Waals surface area contributed by atoms with Crippen LogP contribution in [-0.2, 0) is 9.47 Å². The van der Waals surface area contributed by atoms with Crippen molar-refractivity contribution in [3.8, 4) is 0 Å². The summed E-state index contributed by atoms with van der Waals surface area (Å²) >= 11 is 0. The van der Waals surface area contributed by atoms with Crippen molar-refractivity contribution in [2.45, 2.75) is 33.3 Å². The molecule has 0 bridgehead atoms. The lowest BCUT2D eigenvalue weighted by Crippen LogP contribution is -2.44. The molecule has 7 heteroatoms. The first-order chi connectivity index (χ1) is 9.84. The number of likely N-dealkylation sites (N-methyl/N-ethyl adjacent to an activating group) is 1. The van der Waals surface area contributed by atoms with Gasteiger partial charge in [-0.2, -0.15) is 0 Å². The van der Waals surface area contributed by atoms with E-state index in [9.17, 15) is 4.79 Å². The molecule has 0 rings (SSSR count). The molecule has 0 aliphatic rings. The molecule has 2 N–H and O–H groups in total. The third-order valence-corrected chi connectivity index (χ3v) is 2.53. The third kappa shape index (κ3) is 9.95. The van der Waals surface area contributed by atoms with Crippen LogP contribution in [0.25, 0.3) is 0 Å². The van der Waals surface area contributed by atoms with Crippen LogP contribution in [0.3, 0.4) is 0 Å². The molecule has 7 nitrogen and oxygen atoms in total. The van der Waals surface area contributed by atoms with Gasteiger partial charge in [0, 0.05) is 40.3 Å². The molecule has 0 spiro atoms. The maximum Gasteiger partial charge on any atom is 0.410 e. The Morgan fingerprint density at radius 2 is 1.86 bits per heavy atom. The SMILES string of the molecule is CCN(CCNC(=NC)NCCOC)C(=O)OC(C)(C)C. The number of hydrogen-bond acceptors (Lipinski definition) is 4. The molecule has 0 aromatic rings. The van der Waals surface area contributed by atoms with E-state index >= 15 is 0 Å². The highest BCUT2D eigenvalue weighted by molar-refractivity contribution is 5.79. The van der Waals surface area contributed by atoms with Gasteiger partial charge in [0.1, 0.15) is 5.60 Å². The first-order valence-corrected chi connectivity index (χ1v) is 7.25. The first-order valence-electron chi connectivity index (χ1n) is 7.25. The second kappa shape index (κ2) is 10.3. The molecule has 0 atom stereocenters. The quantitative estimate of drug-likeness (QED) is 0.418. The predicted octanol–water partition coefficient (Wildman–Crippen LogP) is 1.05. The first kappa shape index (κ1) is 19.5. The van der Waals surface area contributed by atoms with Gasteiger partial charge >= 0.3 is 6.09 Å². The minimum Gasteiger partial charge on any atom is -0.444 e. The Bertz CT molecular complexity index is 327. The number of methoxy groups -OCH3 is 1. The monoisotopic (exact) mass is 302 g/mol. The Kier molecular flexibility index (Phi) is 9.53. The van der Waals surface area contributed by atoms with Crippen molar-refractivity contribution in [1.29, 1.82) is 0 Å². The minimum absolute atomic E-state index is 0.297. The topological polar surface area (TPSA) is 75.2 Å². The zero-order valence-electron chi connectivity index (χ0n) is 14.2. The van der Waals surface area contributed by atoms with Gasteiger partial charge < -0.3 is 25.0 Å². The summed E-state index contributed by atoms with van der Waals surface area (Å²) in [4.78, 5) is 17.7. The van der Waals surface area contributed by atoms with Crippen LogP contribution < -0.4 is 10.6 Å². The van der Waals surface area contributed by atoms with Crippen molar-refractivity contribution in [3.05, 3.63) is 0 Å². The van der Waals surface area contributed by atoms with Crippen LogP contribution in [-0.4, -0.2) is 69.5 Å². The Hall–Kier alpha value is -1.50. The highest BCUT2D eigenvalue weighted by Crippen LogP contribution is 2.09. The summed E-state index contributed by atoms with van der Waals surface area (Å²) in [7, 11) is 3.35. The maximum absolute atomic E-state index is 12.0. The van der Waals surface area contributed by atoms with Gasteiger partial charge in [-0.15, -0.1) is 0 Å². The van der Waals surface area contributed by atoms with Gasteiger partial charge in [-0.3, -0.25) is 4.99 Å². The summed E-state index contributed by atoms with van der Waals surface area (Å²) in [6.07, 6.45) is -0.297. The second-order valence-corrected chi connectivity index (χ2v) is 5.48. The standard InChI is InChI=1S/C14H30N4O3/c1-7-18(13(19)21-14(2,3)4)10-8-16-12(15-5)17-9-11-20-6/h7-11H2,1-6H3,(H2,15,16,17).